The summed E-state index contributed by atoms with van der Waals surface area (Å²) in [4.78, 5) is 12.1. The highest BCUT2D eigenvalue weighted by Crippen LogP contribution is 2.31. The van der Waals surface area contributed by atoms with Crippen LogP contribution in [0.4, 0.5) is 0 Å². The first-order valence-electron chi connectivity index (χ1n) is 9.70. The van der Waals surface area contributed by atoms with Crippen LogP contribution in [0.25, 0.3) is 0 Å². The third-order valence-electron chi connectivity index (χ3n) is 4.44. The zero-order chi connectivity index (χ0) is 21.9. The molecule has 1 atom stereocenters. The van der Waals surface area contributed by atoms with Gasteiger partial charge in [-0.05, 0) is 37.8 Å². The Morgan fingerprint density at radius 3 is 2.37 bits per heavy atom. The van der Waals surface area contributed by atoms with Gasteiger partial charge in [0.05, 0.1) is 25.7 Å². The minimum atomic E-state index is -0.409. The van der Waals surface area contributed by atoms with Crippen molar-refractivity contribution >= 4 is 23.2 Å². The van der Waals surface area contributed by atoms with E-state index in [4.69, 9.17) is 37.1 Å². The van der Waals surface area contributed by atoms with Gasteiger partial charge in [0.2, 0.25) is 11.2 Å². The topological polar surface area (TPSA) is 68.9 Å². The molecule has 0 fully saturated rings. The molecule has 0 saturated heterocycles. The summed E-state index contributed by atoms with van der Waals surface area (Å²) in [5.41, 5.74) is 0.585. The van der Waals surface area contributed by atoms with Crippen LogP contribution in [0.2, 0.25) is 10.0 Å². The van der Waals surface area contributed by atoms with Crippen LogP contribution in [-0.2, 0) is 6.42 Å². The SMILES string of the molecule is C=CCc1c(Cl)cc(Cl)cc1OCCCCCOc1coc(C(C=C)CO)cc1=O. The summed E-state index contributed by atoms with van der Waals surface area (Å²) >= 11 is 12.3. The van der Waals surface area contributed by atoms with Gasteiger partial charge < -0.3 is 19.0 Å². The smallest absolute Gasteiger partial charge is 0.227 e. The molecule has 162 valence electrons. The Morgan fingerprint density at radius 1 is 1.07 bits per heavy atom. The van der Waals surface area contributed by atoms with Crippen molar-refractivity contribution < 1.29 is 19.0 Å². The minimum absolute atomic E-state index is 0.151. The standard InChI is InChI=1S/C23H26Cl2O5/c1-3-8-18-19(25)11-17(24)12-22(18)28-9-6-5-7-10-29-23-15-30-21(13-20(23)27)16(4-2)14-26/h3-4,11-13,15-16,26H,1-2,5-10,14H2. The Bertz CT molecular complexity index is 907. The van der Waals surface area contributed by atoms with Gasteiger partial charge in [-0.15, -0.1) is 13.2 Å². The Labute approximate surface area is 186 Å². The summed E-state index contributed by atoms with van der Waals surface area (Å²) in [5, 5.41) is 10.3. The van der Waals surface area contributed by atoms with Crippen LogP contribution < -0.4 is 14.9 Å². The van der Waals surface area contributed by atoms with E-state index in [2.05, 4.69) is 13.2 Å². The Hall–Kier alpha value is -2.21. The Morgan fingerprint density at radius 2 is 1.77 bits per heavy atom. The van der Waals surface area contributed by atoms with Crippen molar-refractivity contribution in [2.75, 3.05) is 19.8 Å². The van der Waals surface area contributed by atoms with Crippen molar-refractivity contribution in [2.45, 2.75) is 31.6 Å². The van der Waals surface area contributed by atoms with Crippen LogP contribution in [0.5, 0.6) is 11.5 Å². The van der Waals surface area contributed by atoms with Gasteiger partial charge in [-0.3, -0.25) is 4.79 Å². The molecule has 7 heteroatoms. The van der Waals surface area contributed by atoms with E-state index in [0.717, 1.165) is 24.8 Å². The second-order valence-corrected chi connectivity index (χ2v) is 7.49. The van der Waals surface area contributed by atoms with Crippen LogP contribution in [-0.4, -0.2) is 24.9 Å². The average molecular weight is 453 g/mol. The third kappa shape index (κ3) is 6.94. The molecule has 2 aromatic rings. The largest absolute Gasteiger partial charge is 0.493 e. The summed E-state index contributed by atoms with van der Waals surface area (Å²) in [6.07, 6.45) is 7.60. The molecule has 0 amide bonds. The molecule has 1 N–H and O–H groups in total. The molecule has 0 aliphatic rings. The first kappa shape index (κ1) is 24.1. The van der Waals surface area contributed by atoms with Gasteiger partial charge in [0, 0.05) is 21.7 Å². The highest BCUT2D eigenvalue weighted by molar-refractivity contribution is 6.35. The first-order valence-corrected chi connectivity index (χ1v) is 10.5. The fourth-order valence-electron chi connectivity index (χ4n) is 2.79. The molecule has 1 aromatic carbocycles. The molecule has 0 aliphatic carbocycles. The number of hydrogen-bond acceptors (Lipinski definition) is 5. The van der Waals surface area contributed by atoms with Gasteiger partial charge in [0.25, 0.3) is 0 Å². The van der Waals surface area contributed by atoms with Gasteiger partial charge >= 0.3 is 0 Å². The predicted molar refractivity (Wildman–Crippen MR) is 120 cm³/mol. The van der Waals surface area contributed by atoms with Crippen molar-refractivity contribution in [3.8, 4) is 11.5 Å². The Balaban J connectivity index is 1.75. The fraction of sp³-hybridized carbons (Fsp3) is 0.348. The van der Waals surface area contributed by atoms with E-state index in [9.17, 15) is 9.90 Å². The minimum Gasteiger partial charge on any atom is -0.493 e. The summed E-state index contributed by atoms with van der Waals surface area (Å²) in [7, 11) is 0. The summed E-state index contributed by atoms with van der Waals surface area (Å²) < 4.78 is 16.7. The molecule has 5 nitrogen and oxygen atoms in total. The Kier molecular flexibility index (Phi) is 10.0. The number of aliphatic hydroxyl groups is 1. The molecule has 0 bridgehead atoms. The van der Waals surface area contributed by atoms with E-state index in [0.29, 0.717) is 41.2 Å². The normalized spacial score (nSPS) is 11.7. The summed E-state index contributed by atoms with van der Waals surface area (Å²) in [5.74, 6) is 0.771. The number of allylic oxidation sites excluding steroid dienone is 1. The molecule has 2 rings (SSSR count). The monoisotopic (exact) mass is 452 g/mol. The lowest BCUT2D eigenvalue weighted by Crippen LogP contribution is -2.11. The van der Waals surface area contributed by atoms with Gasteiger partial charge in [0.1, 0.15) is 17.8 Å². The van der Waals surface area contributed by atoms with Crippen LogP contribution >= 0.6 is 23.2 Å². The number of aliphatic hydroxyl groups excluding tert-OH is 1. The highest BCUT2D eigenvalue weighted by Gasteiger charge is 2.12. The van der Waals surface area contributed by atoms with E-state index in [1.807, 2.05) is 0 Å². The first-order chi connectivity index (χ1) is 14.5. The molecular formula is C23H26Cl2O5. The second-order valence-electron chi connectivity index (χ2n) is 6.65. The van der Waals surface area contributed by atoms with Gasteiger partial charge in [-0.25, -0.2) is 0 Å². The maximum atomic E-state index is 12.1. The summed E-state index contributed by atoms with van der Waals surface area (Å²) in [6, 6.07) is 4.77. The lowest BCUT2D eigenvalue weighted by Gasteiger charge is -2.13. The predicted octanol–water partition coefficient (Wildman–Crippen LogP) is 5.57. The van der Waals surface area contributed by atoms with Gasteiger partial charge in [0.15, 0.2) is 0 Å². The van der Waals surface area contributed by atoms with Crippen molar-refractivity contribution in [2.24, 2.45) is 0 Å². The van der Waals surface area contributed by atoms with Gasteiger partial charge in [-0.1, -0.05) is 35.4 Å². The fourth-order valence-corrected chi connectivity index (χ4v) is 3.34. The number of halogens is 2. The van der Waals surface area contributed by atoms with Crippen molar-refractivity contribution in [3.05, 3.63) is 81.4 Å². The molecule has 1 aromatic heterocycles. The molecule has 0 radical (unpaired) electrons. The maximum absolute atomic E-state index is 12.1. The molecule has 0 aliphatic heterocycles. The third-order valence-corrected chi connectivity index (χ3v) is 4.99. The van der Waals surface area contributed by atoms with E-state index in [-0.39, 0.29) is 17.8 Å². The molecule has 0 spiro atoms. The number of rotatable bonds is 13. The summed E-state index contributed by atoms with van der Waals surface area (Å²) in [6.45, 7) is 8.07. The van der Waals surface area contributed by atoms with E-state index in [1.54, 1.807) is 18.2 Å². The molecule has 1 unspecified atom stereocenters. The zero-order valence-corrected chi connectivity index (χ0v) is 18.3. The van der Waals surface area contributed by atoms with Crippen molar-refractivity contribution in [3.63, 3.8) is 0 Å². The van der Waals surface area contributed by atoms with Crippen LogP contribution in [0, 0.1) is 0 Å². The van der Waals surface area contributed by atoms with E-state index in [1.165, 1.54) is 18.4 Å². The van der Waals surface area contributed by atoms with E-state index < -0.39 is 5.92 Å². The zero-order valence-electron chi connectivity index (χ0n) is 16.7. The van der Waals surface area contributed by atoms with Crippen LogP contribution in [0.3, 0.4) is 0 Å². The van der Waals surface area contributed by atoms with Crippen LogP contribution in [0.15, 0.2) is 59.0 Å². The quantitative estimate of drug-likeness (QED) is 0.318. The number of ether oxygens (including phenoxy) is 2. The molecular weight excluding hydrogens is 427 g/mol. The maximum Gasteiger partial charge on any atom is 0.227 e. The highest BCUT2D eigenvalue weighted by atomic mass is 35.5. The lowest BCUT2D eigenvalue weighted by molar-refractivity contribution is 0.257. The van der Waals surface area contributed by atoms with Crippen LogP contribution in [0.1, 0.15) is 36.5 Å². The van der Waals surface area contributed by atoms with Gasteiger partial charge in [-0.2, -0.15) is 0 Å². The number of unbranched alkanes of at least 4 members (excludes halogenated alkanes) is 2. The van der Waals surface area contributed by atoms with Crippen molar-refractivity contribution in [1.82, 2.24) is 0 Å². The number of benzene rings is 1. The second kappa shape index (κ2) is 12.5. The molecule has 1 heterocycles. The van der Waals surface area contributed by atoms with Crippen molar-refractivity contribution in [1.29, 1.82) is 0 Å². The van der Waals surface area contributed by atoms with E-state index >= 15 is 0 Å². The average Bonchev–Trinajstić information content (AvgIpc) is 2.72. The number of hydrogen-bond donors (Lipinski definition) is 1. The molecule has 0 saturated carbocycles. The lowest BCUT2D eigenvalue weighted by atomic mass is 10.1. The molecule has 30 heavy (non-hydrogen) atoms.